The molecule has 5 nitrogen and oxygen atoms in total. The van der Waals surface area contributed by atoms with Crippen molar-refractivity contribution in [1.82, 2.24) is 19.4 Å². The van der Waals surface area contributed by atoms with Crippen LogP contribution in [0.4, 0.5) is 0 Å². The zero-order chi connectivity index (χ0) is 23.2. The fraction of sp³-hybridized carbons (Fsp3) is 0.241. The van der Waals surface area contributed by atoms with Gasteiger partial charge in [-0.05, 0) is 60.8 Å². The van der Waals surface area contributed by atoms with Crippen LogP contribution in [-0.2, 0) is 0 Å². The summed E-state index contributed by atoms with van der Waals surface area (Å²) < 4.78 is 1.76. The average Bonchev–Trinajstić information content (AvgIpc) is 3.57. The lowest BCUT2D eigenvalue weighted by atomic mass is 9.97. The smallest absolute Gasteiger partial charge is 0.274 e. The number of hydrogen-bond donors (Lipinski definition) is 0. The fourth-order valence-corrected chi connectivity index (χ4v) is 4.59. The maximum absolute atomic E-state index is 13.6. The Balaban J connectivity index is 1.44. The molecule has 0 spiro atoms. The van der Waals surface area contributed by atoms with Crippen molar-refractivity contribution in [3.63, 3.8) is 0 Å². The summed E-state index contributed by atoms with van der Waals surface area (Å²) in [6.45, 7) is 4.33. The van der Waals surface area contributed by atoms with Gasteiger partial charge in [-0.25, -0.2) is 4.52 Å². The van der Waals surface area contributed by atoms with Crippen LogP contribution in [0.15, 0.2) is 97.2 Å². The topological polar surface area (TPSA) is 40.9 Å². The van der Waals surface area contributed by atoms with Crippen LogP contribution in [0.25, 0.3) is 11.1 Å². The molecule has 0 radical (unpaired) electrons. The van der Waals surface area contributed by atoms with E-state index in [1.165, 1.54) is 12.8 Å². The van der Waals surface area contributed by atoms with Crippen LogP contribution >= 0.6 is 0 Å². The van der Waals surface area contributed by atoms with Crippen LogP contribution in [-0.4, -0.2) is 58.0 Å². The largest absolute Gasteiger partial charge is 0.332 e. The number of rotatable bonds is 8. The zero-order valence-corrected chi connectivity index (χ0v) is 19.4. The molecule has 4 aromatic rings. The highest BCUT2D eigenvalue weighted by Crippen LogP contribution is 2.23. The summed E-state index contributed by atoms with van der Waals surface area (Å²) in [6, 6.07) is 28.5. The van der Waals surface area contributed by atoms with Gasteiger partial charge in [0, 0.05) is 25.8 Å². The summed E-state index contributed by atoms with van der Waals surface area (Å²) >= 11 is 0. The Bertz CT molecular complexity index is 1180. The van der Waals surface area contributed by atoms with E-state index in [1.54, 1.807) is 4.52 Å². The molecular weight excluding hydrogens is 420 g/mol. The molecule has 0 atom stereocenters. The molecule has 0 bridgehead atoms. The minimum absolute atomic E-state index is 0.0281. The molecule has 2 aromatic carbocycles. The zero-order valence-electron chi connectivity index (χ0n) is 19.4. The van der Waals surface area contributed by atoms with Crippen molar-refractivity contribution in [3.05, 3.63) is 114 Å². The molecule has 1 aliphatic rings. The molecule has 34 heavy (non-hydrogen) atoms. The Kier molecular flexibility index (Phi) is 6.82. The number of amides is 1. The highest BCUT2D eigenvalue weighted by Gasteiger charge is 2.21. The number of pyridine rings is 1. The molecule has 2 aromatic heterocycles. The second-order valence-corrected chi connectivity index (χ2v) is 8.75. The first-order valence-corrected chi connectivity index (χ1v) is 12.0. The number of hydrogen-bond acceptors (Lipinski definition) is 3. The lowest BCUT2D eigenvalue weighted by molar-refractivity contribution is 0.0753. The van der Waals surface area contributed by atoms with E-state index >= 15 is 0 Å². The van der Waals surface area contributed by atoms with E-state index in [0.29, 0.717) is 18.8 Å². The van der Waals surface area contributed by atoms with Crippen molar-refractivity contribution in [2.24, 2.45) is 0 Å². The molecule has 5 heteroatoms. The molecule has 1 amide bonds. The SMILES string of the molecule is O=C(c1cc2ccccn2n1)N(CC=C(c1ccccc1)c1ccccc1)CCN1CCCC1. The number of fused-ring (bicyclic) bond motifs is 1. The van der Waals surface area contributed by atoms with Gasteiger partial charge in [0.25, 0.3) is 5.91 Å². The highest BCUT2D eigenvalue weighted by molar-refractivity contribution is 5.94. The summed E-state index contributed by atoms with van der Waals surface area (Å²) in [5.74, 6) is -0.0281. The number of aromatic nitrogens is 2. The van der Waals surface area contributed by atoms with Gasteiger partial charge < -0.3 is 9.80 Å². The van der Waals surface area contributed by atoms with E-state index in [9.17, 15) is 4.79 Å². The van der Waals surface area contributed by atoms with Crippen molar-refractivity contribution < 1.29 is 4.79 Å². The predicted molar refractivity (Wildman–Crippen MR) is 137 cm³/mol. The Labute approximate surface area is 200 Å². The molecule has 1 saturated heterocycles. The standard InChI is InChI=1S/C29H30N4O/c34-29(28-23-26-15-7-8-19-33(26)30-28)32(22-21-31-17-9-10-18-31)20-16-27(24-11-3-1-4-12-24)25-13-5-2-6-14-25/h1-8,11-16,19,23H,9-10,17-18,20-22H2. The Morgan fingerprint density at radius 1 is 0.882 bits per heavy atom. The molecule has 3 heterocycles. The van der Waals surface area contributed by atoms with Gasteiger partial charge in [-0.3, -0.25) is 4.79 Å². The van der Waals surface area contributed by atoms with Crippen molar-refractivity contribution in [3.8, 4) is 0 Å². The second kappa shape index (κ2) is 10.5. The third kappa shape index (κ3) is 5.10. The molecule has 1 aliphatic heterocycles. The van der Waals surface area contributed by atoms with Crippen molar-refractivity contribution >= 4 is 17.0 Å². The Morgan fingerprint density at radius 3 is 2.18 bits per heavy atom. The summed E-state index contributed by atoms with van der Waals surface area (Å²) in [5, 5.41) is 4.55. The highest BCUT2D eigenvalue weighted by atomic mass is 16.2. The van der Waals surface area contributed by atoms with Gasteiger partial charge in [0.2, 0.25) is 0 Å². The summed E-state index contributed by atoms with van der Waals surface area (Å²) in [5.41, 5.74) is 4.84. The molecule has 0 aliphatic carbocycles. The molecule has 5 rings (SSSR count). The fourth-order valence-electron chi connectivity index (χ4n) is 4.59. The molecular formula is C29H30N4O. The van der Waals surface area contributed by atoms with Gasteiger partial charge in [0.15, 0.2) is 5.69 Å². The van der Waals surface area contributed by atoms with Crippen LogP contribution in [0.5, 0.6) is 0 Å². The molecule has 0 unspecified atom stereocenters. The van der Waals surface area contributed by atoms with E-state index in [4.69, 9.17) is 0 Å². The number of carbonyl (C=O) groups excluding carboxylic acids is 1. The second-order valence-electron chi connectivity index (χ2n) is 8.75. The van der Waals surface area contributed by atoms with E-state index in [-0.39, 0.29) is 5.91 Å². The van der Waals surface area contributed by atoms with Gasteiger partial charge >= 0.3 is 0 Å². The minimum Gasteiger partial charge on any atom is -0.332 e. The first-order valence-electron chi connectivity index (χ1n) is 12.0. The van der Waals surface area contributed by atoms with Gasteiger partial charge in [-0.15, -0.1) is 0 Å². The Hall–Kier alpha value is -3.70. The minimum atomic E-state index is -0.0281. The predicted octanol–water partition coefficient (Wildman–Crippen LogP) is 5.00. The van der Waals surface area contributed by atoms with E-state index < -0.39 is 0 Å². The average molecular weight is 451 g/mol. The van der Waals surface area contributed by atoms with Gasteiger partial charge in [0.05, 0.1) is 5.52 Å². The van der Waals surface area contributed by atoms with Crippen molar-refractivity contribution in [2.45, 2.75) is 12.8 Å². The van der Waals surface area contributed by atoms with Crippen molar-refractivity contribution in [2.75, 3.05) is 32.7 Å². The van der Waals surface area contributed by atoms with E-state index in [1.807, 2.05) is 47.5 Å². The lowest BCUT2D eigenvalue weighted by Gasteiger charge is -2.24. The summed E-state index contributed by atoms with van der Waals surface area (Å²) in [6.07, 6.45) is 6.55. The number of likely N-dealkylation sites (tertiary alicyclic amines) is 1. The van der Waals surface area contributed by atoms with E-state index in [2.05, 4.69) is 64.6 Å². The Morgan fingerprint density at radius 2 is 1.53 bits per heavy atom. The molecule has 0 saturated carbocycles. The van der Waals surface area contributed by atoms with Crippen LogP contribution < -0.4 is 0 Å². The van der Waals surface area contributed by atoms with Gasteiger partial charge in [0.1, 0.15) is 0 Å². The van der Waals surface area contributed by atoms with Crippen molar-refractivity contribution in [1.29, 1.82) is 0 Å². The summed E-state index contributed by atoms with van der Waals surface area (Å²) in [7, 11) is 0. The molecule has 172 valence electrons. The maximum Gasteiger partial charge on any atom is 0.274 e. The number of benzene rings is 2. The molecule has 1 fully saturated rings. The number of carbonyl (C=O) groups is 1. The normalized spacial score (nSPS) is 13.8. The van der Waals surface area contributed by atoms with Crippen LogP contribution in [0.2, 0.25) is 0 Å². The van der Waals surface area contributed by atoms with Crippen LogP contribution in [0.1, 0.15) is 34.5 Å². The van der Waals surface area contributed by atoms with Crippen LogP contribution in [0, 0.1) is 0 Å². The lowest BCUT2D eigenvalue weighted by Crippen LogP contribution is -2.38. The van der Waals surface area contributed by atoms with E-state index in [0.717, 1.165) is 41.9 Å². The summed E-state index contributed by atoms with van der Waals surface area (Å²) in [4.78, 5) is 18.0. The third-order valence-electron chi connectivity index (χ3n) is 6.45. The third-order valence-corrected chi connectivity index (χ3v) is 6.45. The quantitative estimate of drug-likeness (QED) is 0.379. The monoisotopic (exact) mass is 450 g/mol. The number of nitrogens with zero attached hydrogens (tertiary/aromatic N) is 4. The maximum atomic E-state index is 13.6. The first-order chi connectivity index (χ1) is 16.8. The van der Waals surface area contributed by atoms with Crippen LogP contribution in [0.3, 0.4) is 0 Å². The van der Waals surface area contributed by atoms with Gasteiger partial charge in [-0.1, -0.05) is 72.8 Å². The van der Waals surface area contributed by atoms with Gasteiger partial charge in [-0.2, -0.15) is 5.10 Å². The molecule has 0 N–H and O–H groups in total. The first kappa shape index (κ1) is 22.1.